The highest BCUT2D eigenvalue weighted by Gasteiger charge is 2.11. The lowest BCUT2D eigenvalue weighted by molar-refractivity contribution is 0.274. The molecule has 2 aromatic heterocycles. The van der Waals surface area contributed by atoms with Gasteiger partial charge in [-0.1, -0.05) is 24.3 Å². The molecule has 31 heavy (non-hydrogen) atoms. The van der Waals surface area contributed by atoms with Gasteiger partial charge in [0.2, 0.25) is 11.8 Å². The molecule has 0 atom stereocenters. The summed E-state index contributed by atoms with van der Waals surface area (Å²) in [4.78, 5) is 4.70. The Labute approximate surface area is 186 Å². The van der Waals surface area contributed by atoms with Crippen LogP contribution in [-0.2, 0) is 11.5 Å². The van der Waals surface area contributed by atoms with E-state index in [2.05, 4.69) is 28.4 Å². The minimum absolute atomic E-state index is 0.234. The van der Waals surface area contributed by atoms with E-state index in [4.69, 9.17) is 19.9 Å². The molecule has 7 heteroatoms. The number of nitrogens with two attached hydrogens (primary N) is 1. The molecule has 160 valence electrons. The number of ether oxygens (including phenoxy) is 1. The second-order valence-electron chi connectivity index (χ2n) is 8.10. The zero-order chi connectivity index (χ0) is 21.7. The molecule has 0 aliphatic rings. The zero-order valence-corrected chi connectivity index (χ0v) is 18.6. The Kier molecular flexibility index (Phi) is 6.53. The number of thioether (sulfide) groups is 1. The summed E-state index contributed by atoms with van der Waals surface area (Å²) in [7, 11) is 0. The Bertz CT molecular complexity index is 1140. The van der Waals surface area contributed by atoms with Crippen molar-refractivity contribution in [3.8, 4) is 17.2 Å². The fourth-order valence-corrected chi connectivity index (χ4v) is 3.75. The van der Waals surface area contributed by atoms with Gasteiger partial charge in [0.25, 0.3) is 0 Å². The number of hydrogen-bond acceptors (Lipinski definition) is 7. The van der Waals surface area contributed by atoms with Crippen molar-refractivity contribution < 1.29 is 9.15 Å². The number of fused-ring (bicyclic) bond motifs is 1. The van der Waals surface area contributed by atoms with Crippen molar-refractivity contribution >= 4 is 22.7 Å². The van der Waals surface area contributed by atoms with Crippen molar-refractivity contribution in [1.82, 2.24) is 15.2 Å². The summed E-state index contributed by atoms with van der Waals surface area (Å²) >= 11 is 1.70. The summed E-state index contributed by atoms with van der Waals surface area (Å²) < 4.78 is 11.6. The monoisotopic (exact) mass is 434 g/mol. The van der Waals surface area contributed by atoms with Crippen LogP contribution in [0.4, 0.5) is 0 Å². The zero-order valence-electron chi connectivity index (χ0n) is 17.7. The highest BCUT2D eigenvalue weighted by atomic mass is 32.2. The number of hydrogen-bond donors (Lipinski definition) is 1. The smallest absolute Gasteiger partial charge is 0.247 e. The highest BCUT2D eigenvalue weighted by molar-refractivity contribution is 7.97. The van der Waals surface area contributed by atoms with Crippen LogP contribution in [-0.4, -0.2) is 27.3 Å². The van der Waals surface area contributed by atoms with E-state index in [0.29, 0.717) is 24.1 Å². The van der Waals surface area contributed by atoms with Crippen molar-refractivity contribution in [2.24, 2.45) is 5.73 Å². The molecule has 0 unspecified atom stereocenters. The lowest BCUT2D eigenvalue weighted by Crippen LogP contribution is -2.33. The summed E-state index contributed by atoms with van der Waals surface area (Å²) in [6.07, 6.45) is 0.786. The first-order chi connectivity index (χ1) is 15.0. The van der Waals surface area contributed by atoms with Gasteiger partial charge in [-0.05, 0) is 56.7 Å². The third-order valence-corrected chi connectivity index (χ3v) is 5.67. The van der Waals surface area contributed by atoms with E-state index in [0.717, 1.165) is 40.1 Å². The van der Waals surface area contributed by atoms with Gasteiger partial charge in [0, 0.05) is 22.2 Å². The second-order valence-corrected chi connectivity index (χ2v) is 9.09. The average Bonchev–Trinajstić information content (AvgIpc) is 3.22. The van der Waals surface area contributed by atoms with Gasteiger partial charge in [-0.3, -0.25) is 4.98 Å². The Hall–Kier alpha value is -2.90. The van der Waals surface area contributed by atoms with Crippen LogP contribution in [0.15, 0.2) is 65.1 Å². The fraction of sp³-hybridized carbons (Fsp3) is 0.292. The van der Waals surface area contributed by atoms with Gasteiger partial charge in [-0.15, -0.1) is 22.0 Å². The van der Waals surface area contributed by atoms with Gasteiger partial charge in [-0.2, -0.15) is 0 Å². The van der Waals surface area contributed by atoms with Crippen LogP contribution in [0.25, 0.3) is 22.4 Å². The van der Waals surface area contributed by atoms with Crippen molar-refractivity contribution in [2.45, 2.75) is 37.3 Å². The SMILES string of the molecule is CC(C)(N)CCOc1ccc(-c2nnc(CSCc3ccc4ccccc4n3)o2)cc1. The number of pyridine rings is 1. The molecular weight excluding hydrogens is 408 g/mol. The van der Waals surface area contributed by atoms with Crippen molar-refractivity contribution in [3.05, 3.63) is 72.2 Å². The predicted molar refractivity (Wildman–Crippen MR) is 125 cm³/mol. The van der Waals surface area contributed by atoms with Gasteiger partial charge >= 0.3 is 0 Å². The molecular formula is C24H26N4O2S. The standard InChI is InChI=1S/C24H26N4O2S/c1-24(2,25)13-14-29-20-11-8-18(9-12-20)23-28-27-22(30-23)16-31-15-19-10-7-17-5-3-4-6-21(17)26-19/h3-12H,13-16,25H2,1-2H3. The van der Waals surface area contributed by atoms with Crippen LogP contribution in [0.5, 0.6) is 5.75 Å². The first kappa shape index (κ1) is 21.3. The van der Waals surface area contributed by atoms with Crippen molar-refractivity contribution in [2.75, 3.05) is 6.61 Å². The first-order valence-corrected chi connectivity index (χ1v) is 11.4. The summed E-state index contributed by atoms with van der Waals surface area (Å²) in [5, 5.41) is 9.49. The fourth-order valence-electron chi connectivity index (χ4n) is 2.99. The molecule has 0 spiro atoms. The van der Waals surface area contributed by atoms with Crippen LogP contribution < -0.4 is 10.5 Å². The average molecular weight is 435 g/mol. The topological polar surface area (TPSA) is 87.1 Å². The molecule has 0 fully saturated rings. The van der Waals surface area contributed by atoms with E-state index < -0.39 is 0 Å². The van der Waals surface area contributed by atoms with Crippen LogP contribution in [0.1, 0.15) is 31.9 Å². The second kappa shape index (κ2) is 9.49. The minimum atomic E-state index is -0.234. The predicted octanol–water partition coefficient (Wildman–Crippen LogP) is 5.22. The maximum Gasteiger partial charge on any atom is 0.247 e. The van der Waals surface area contributed by atoms with E-state index in [-0.39, 0.29) is 5.54 Å². The van der Waals surface area contributed by atoms with Gasteiger partial charge in [0.1, 0.15) is 5.75 Å². The number of nitrogens with zero attached hydrogens (tertiary/aromatic N) is 3. The lowest BCUT2D eigenvalue weighted by atomic mass is 10.0. The van der Waals surface area contributed by atoms with Gasteiger partial charge in [-0.25, -0.2) is 0 Å². The van der Waals surface area contributed by atoms with Gasteiger partial charge < -0.3 is 14.9 Å². The quantitative estimate of drug-likeness (QED) is 0.386. The van der Waals surface area contributed by atoms with E-state index >= 15 is 0 Å². The van der Waals surface area contributed by atoms with E-state index in [9.17, 15) is 0 Å². The molecule has 6 nitrogen and oxygen atoms in total. The third kappa shape index (κ3) is 6.06. The normalized spacial score (nSPS) is 11.7. The van der Waals surface area contributed by atoms with Gasteiger partial charge in [0.15, 0.2) is 0 Å². The molecule has 0 amide bonds. The van der Waals surface area contributed by atoms with Crippen LogP contribution in [0, 0.1) is 0 Å². The van der Waals surface area contributed by atoms with Crippen molar-refractivity contribution in [1.29, 1.82) is 0 Å². The maximum atomic E-state index is 5.98. The minimum Gasteiger partial charge on any atom is -0.494 e. The van der Waals surface area contributed by atoms with Crippen LogP contribution >= 0.6 is 11.8 Å². The van der Waals surface area contributed by atoms with E-state index in [1.807, 2.05) is 56.3 Å². The molecule has 0 aliphatic heterocycles. The first-order valence-electron chi connectivity index (χ1n) is 10.2. The molecule has 4 aromatic rings. The maximum absolute atomic E-state index is 5.98. The van der Waals surface area contributed by atoms with Crippen molar-refractivity contribution in [3.63, 3.8) is 0 Å². The number of aromatic nitrogens is 3. The Balaban J connectivity index is 1.29. The molecule has 0 aliphatic carbocycles. The van der Waals surface area contributed by atoms with Crippen LogP contribution in [0.2, 0.25) is 0 Å². The highest BCUT2D eigenvalue weighted by Crippen LogP contribution is 2.24. The number of rotatable bonds is 9. The Morgan fingerprint density at radius 2 is 1.77 bits per heavy atom. The summed E-state index contributed by atoms with van der Waals surface area (Å²) in [6, 6.07) is 20.0. The number of benzene rings is 2. The Morgan fingerprint density at radius 3 is 2.58 bits per heavy atom. The third-order valence-electron chi connectivity index (χ3n) is 4.71. The molecule has 0 radical (unpaired) electrons. The lowest BCUT2D eigenvalue weighted by Gasteiger charge is -2.18. The summed E-state index contributed by atoms with van der Waals surface area (Å²) in [5.74, 6) is 3.33. The van der Waals surface area contributed by atoms with E-state index in [1.54, 1.807) is 11.8 Å². The number of para-hydroxylation sites is 1. The Morgan fingerprint density at radius 1 is 0.968 bits per heavy atom. The molecule has 2 N–H and O–H groups in total. The summed E-state index contributed by atoms with van der Waals surface area (Å²) in [5.41, 5.74) is 8.67. The largest absolute Gasteiger partial charge is 0.494 e. The molecule has 4 rings (SSSR count). The molecule has 0 bridgehead atoms. The van der Waals surface area contributed by atoms with E-state index in [1.165, 1.54) is 0 Å². The molecule has 0 saturated carbocycles. The molecule has 2 heterocycles. The van der Waals surface area contributed by atoms with Crippen LogP contribution in [0.3, 0.4) is 0 Å². The molecule has 2 aromatic carbocycles. The van der Waals surface area contributed by atoms with Gasteiger partial charge in [0.05, 0.1) is 23.6 Å². The molecule has 0 saturated heterocycles. The summed E-state index contributed by atoms with van der Waals surface area (Å²) in [6.45, 7) is 4.56.